The smallest absolute Gasteiger partial charge is 0.251 e. The molecule has 2 rings (SSSR count). The molecule has 1 atom stereocenters. The minimum atomic E-state index is -0.162. The van der Waals surface area contributed by atoms with E-state index in [1.807, 2.05) is 27.0 Å². The van der Waals surface area contributed by atoms with Crippen molar-refractivity contribution in [2.75, 3.05) is 0 Å². The number of benzene rings is 1. The average Bonchev–Trinajstić information content (AvgIpc) is 2.79. The summed E-state index contributed by atoms with van der Waals surface area (Å²) >= 11 is 0. The van der Waals surface area contributed by atoms with Crippen molar-refractivity contribution in [3.05, 3.63) is 52.8 Å². The third-order valence-electron chi connectivity index (χ3n) is 3.36. The van der Waals surface area contributed by atoms with Crippen LogP contribution in [-0.2, 0) is 7.05 Å². The van der Waals surface area contributed by atoms with Crippen LogP contribution in [0.3, 0.4) is 0 Å². The molecule has 0 spiro atoms. The first-order valence-electron chi connectivity index (χ1n) is 6.32. The lowest BCUT2D eigenvalue weighted by molar-refractivity contribution is 0.0940. The van der Waals surface area contributed by atoms with E-state index in [-0.39, 0.29) is 11.9 Å². The Balaban J connectivity index is 2.11. The molecule has 1 N–H and O–H groups in total. The summed E-state index contributed by atoms with van der Waals surface area (Å²) in [5.74, 6) is -0.162. The number of carbonyl (C=O) groups is 1. The van der Waals surface area contributed by atoms with E-state index < -0.39 is 0 Å². The number of carbonyl (C=O) groups excluding carboxylic acids is 1. The van der Waals surface area contributed by atoms with Crippen molar-refractivity contribution in [1.82, 2.24) is 15.1 Å². The van der Waals surface area contributed by atoms with Crippen LogP contribution in [0.15, 0.2) is 30.5 Å². The van der Waals surface area contributed by atoms with Gasteiger partial charge in [-0.2, -0.15) is 10.4 Å². The average molecular weight is 268 g/mol. The summed E-state index contributed by atoms with van der Waals surface area (Å²) in [5, 5.41) is 15.8. The standard InChI is InChI=1S/C15H16N4O/c1-10(14-9-17-19(3)11(14)2)18-15(20)13-6-4-12(8-16)5-7-13/h4-7,9-10H,1-3H3,(H,18,20)/t10-/m1/s1. The summed E-state index contributed by atoms with van der Waals surface area (Å²) in [4.78, 5) is 12.1. The fraction of sp³-hybridized carbons (Fsp3) is 0.267. The Morgan fingerprint density at radius 3 is 2.55 bits per heavy atom. The lowest BCUT2D eigenvalue weighted by Crippen LogP contribution is -2.26. The second-order valence-corrected chi connectivity index (χ2v) is 4.69. The second-order valence-electron chi connectivity index (χ2n) is 4.69. The number of nitrogens with one attached hydrogen (secondary N) is 1. The highest BCUT2D eigenvalue weighted by Crippen LogP contribution is 2.16. The van der Waals surface area contributed by atoms with Crippen LogP contribution in [0, 0.1) is 18.3 Å². The van der Waals surface area contributed by atoms with Gasteiger partial charge in [-0.15, -0.1) is 0 Å². The SMILES string of the molecule is Cc1c([C@@H](C)NC(=O)c2ccc(C#N)cc2)cnn1C. The van der Waals surface area contributed by atoms with Gasteiger partial charge in [0.1, 0.15) is 0 Å². The van der Waals surface area contributed by atoms with Crippen LogP contribution >= 0.6 is 0 Å². The number of hydrogen-bond acceptors (Lipinski definition) is 3. The molecule has 0 aliphatic carbocycles. The van der Waals surface area contributed by atoms with Crippen molar-refractivity contribution >= 4 is 5.91 Å². The van der Waals surface area contributed by atoms with Gasteiger partial charge in [0.15, 0.2) is 0 Å². The zero-order chi connectivity index (χ0) is 14.7. The van der Waals surface area contributed by atoms with Crippen LogP contribution in [0.5, 0.6) is 0 Å². The lowest BCUT2D eigenvalue weighted by atomic mass is 10.1. The third-order valence-corrected chi connectivity index (χ3v) is 3.36. The molecule has 5 nitrogen and oxygen atoms in total. The molecule has 5 heteroatoms. The third kappa shape index (κ3) is 2.69. The van der Waals surface area contributed by atoms with Gasteiger partial charge in [0, 0.05) is 23.9 Å². The molecular formula is C15H16N4O. The molecule has 1 aromatic heterocycles. The van der Waals surface area contributed by atoms with Crippen LogP contribution in [0.1, 0.15) is 40.1 Å². The van der Waals surface area contributed by atoms with Crippen molar-refractivity contribution in [2.24, 2.45) is 7.05 Å². The molecule has 1 amide bonds. The van der Waals surface area contributed by atoms with Crippen molar-refractivity contribution < 1.29 is 4.79 Å². The number of nitriles is 1. The van der Waals surface area contributed by atoms with Gasteiger partial charge in [0.05, 0.1) is 23.9 Å². The van der Waals surface area contributed by atoms with Crippen LogP contribution in [0.2, 0.25) is 0 Å². The van der Waals surface area contributed by atoms with E-state index >= 15 is 0 Å². The second kappa shape index (κ2) is 5.57. The normalized spacial score (nSPS) is 11.7. The van der Waals surface area contributed by atoms with Crippen molar-refractivity contribution in [2.45, 2.75) is 19.9 Å². The number of hydrogen-bond donors (Lipinski definition) is 1. The molecule has 1 heterocycles. The summed E-state index contributed by atoms with van der Waals surface area (Å²) < 4.78 is 1.78. The Kier molecular flexibility index (Phi) is 3.85. The molecule has 0 saturated heterocycles. The Labute approximate surface area is 117 Å². The molecular weight excluding hydrogens is 252 g/mol. The van der Waals surface area contributed by atoms with E-state index in [2.05, 4.69) is 10.4 Å². The molecule has 0 aliphatic heterocycles. The summed E-state index contributed by atoms with van der Waals surface area (Å²) in [6, 6.07) is 8.48. The van der Waals surface area contributed by atoms with Gasteiger partial charge in [-0.05, 0) is 38.1 Å². The first-order valence-corrected chi connectivity index (χ1v) is 6.32. The maximum atomic E-state index is 12.1. The summed E-state index contributed by atoms with van der Waals surface area (Å²) in [6.07, 6.45) is 1.76. The molecule has 0 aliphatic rings. The van der Waals surface area contributed by atoms with Gasteiger partial charge in [0.25, 0.3) is 5.91 Å². The van der Waals surface area contributed by atoms with Crippen LogP contribution in [0.25, 0.3) is 0 Å². The lowest BCUT2D eigenvalue weighted by Gasteiger charge is -2.13. The van der Waals surface area contributed by atoms with Gasteiger partial charge in [-0.25, -0.2) is 0 Å². The fourth-order valence-corrected chi connectivity index (χ4v) is 1.99. The Morgan fingerprint density at radius 1 is 1.40 bits per heavy atom. The van der Waals surface area contributed by atoms with E-state index in [0.29, 0.717) is 11.1 Å². The molecule has 1 aromatic carbocycles. The number of nitrogens with zero attached hydrogens (tertiary/aromatic N) is 3. The molecule has 0 saturated carbocycles. The van der Waals surface area contributed by atoms with Crippen molar-refractivity contribution in [3.63, 3.8) is 0 Å². The van der Waals surface area contributed by atoms with E-state index in [1.54, 1.807) is 35.1 Å². The maximum absolute atomic E-state index is 12.1. The van der Waals surface area contributed by atoms with Gasteiger partial charge in [-0.1, -0.05) is 0 Å². The predicted molar refractivity (Wildman–Crippen MR) is 75.0 cm³/mol. The minimum absolute atomic E-state index is 0.119. The predicted octanol–water partition coefficient (Wildman–Crippen LogP) is 2.09. The molecule has 2 aromatic rings. The quantitative estimate of drug-likeness (QED) is 0.926. The zero-order valence-corrected chi connectivity index (χ0v) is 11.7. The van der Waals surface area contributed by atoms with Crippen molar-refractivity contribution in [3.8, 4) is 6.07 Å². The number of rotatable bonds is 3. The first-order chi connectivity index (χ1) is 9.52. The van der Waals surface area contributed by atoms with E-state index in [9.17, 15) is 4.79 Å². The molecule has 0 bridgehead atoms. The summed E-state index contributed by atoms with van der Waals surface area (Å²) in [7, 11) is 1.87. The Bertz CT molecular complexity index is 664. The Hall–Kier alpha value is -2.61. The highest BCUT2D eigenvalue weighted by atomic mass is 16.1. The van der Waals surface area contributed by atoms with Crippen LogP contribution in [0.4, 0.5) is 0 Å². The topological polar surface area (TPSA) is 70.7 Å². The number of amides is 1. The van der Waals surface area contributed by atoms with Crippen LogP contribution < -0.4 is 5.32 Å². The number of aryl methyl sites for hydroxylation is 1. The van der Waals surface area contributed by atoms with Crippen molar-refractivity contribution in [1.29, 1.82) is 5.26 Å². The monoisotopic (exact) mass is 268 g/mol. The summed E-state index contributed by atoms with van der Waals surface area (Å²) in [6.45, 7) is 3.89. The zero-order valence-electron chi connectivity index (χ0n) is 11.7. The summed E-state index contributed by atoms with van der Waals surface area (Å²) in [5.41, 5.74) is 3.10. The minimum Gasteiger partial charge on any atom is -0.345 e. The highest BCUT2D eigenvalue weighted by Gasteiger charge is 2.15. The van der Waals surface area contributed by atoms with E-state index in [0.717, 1.165) is 11.3 Å². The molecule has 0 radical (unpaired) electrons. The first kappa shape index (κ1) is 13.8. The van der Waals surface area contributed by atoms with Gasteiger partial charge in [0.2, 0.25) is 0 Å². The van der Waals surface area contributed by atoms with Crippen LogP contribution in [-0.4, -0.2) is 15.7 Å². The molecule has 0 fully saturated rings. The van der Waals surface area contributed by atoms with Gasteiger partial charge >= 0.3 is 0 Å². The highest BCUT2D eigenvalue weighted by molar-refractivity contribution is 5.94. The van der Waals surface area contributed by atoms with E-state index in [4.69, 9.17) is 5.26 Å². The van der Waals surface area contributed by atoms with Gasteiger partial charge in [-0.3, -0.25) is 9.48 Å². The molecule has 0 unspecified atom stereocenters. The maximum Gasteiger partial charge on any atom is 0.251 e. The Morgan fingerprint density at radius 2 is 2.05 bits per heavy atom. The largest absolute Gasteiger partial charge is 0.345 e. The molecule has 20 heavy (non-hydrogen) atoms. The molecule has 102 valence electrons. The van der Waals surface area contributed by atoms with Gasteiger partial charge < -0.3 is 5.32 Å². The fourth-order valence-electron chi connectivity index (χ4n) is 1.99. The van der Waals surface area contributed by atoms with E-state index in [1.165, 1.54) is 0 Å². The number of aromatic nitrogens is 2.